The molecule has 1 saturated carbocycles. The van der Waals surface area contributed by atoms with Crippen LogP contribution in [0, 0.1) is 0 Å². The molecule has 0 aliphatic heterocycles. The van der Waals surface area contributed by atoms with E-state index in [1.807, 2.05) is 0 Å². The number of nitrogens with two attached hydrogens (primary N) is 1. The second kappa shape index (κ2) is 4.69. The molecule has 0 bridgehead atoms. The molecular weight excluding hydrogens is 208 g/mol. The lowest BCUT2D eigenvalue weighted by Crippen LogP contribution is -2.35. The van der Waals surface area contributed by atoms with Crippen LogP contribution >= 0.6 is 0 Å². The largest absolute Gasteiger partial charge is 0.381 e. The van der Waals surface area contributed by atoms with Gasteiger partial charge in [0.2, 0.25) is 0 Å². The highest BCUT2D eigenvalue weighted by Gasteiger charge is 2.23. The van der Waals surface area contributed by atoms with Crippen LogP contribution in [0.1, 0.15) is 45.6 Å². The molecule has 1 aromatic rings. The summed E-state index contributed by atoms with van der Waals surface area (Å²) in [6, 6.07) is 9.54. The molecule has 0 aromatic heterocycles. The summed E-state index contributed by atoms with van der Waals surface area (Å²) < 4.78 is 0. The van der Waals surface area contributed by atoms with Crippen LogP contribution < -0.4 is 11.1 Å². The minimum absolute atomic E-state index is 0.224. The third kappa shape index (κ3) is 3.01. The van der Waals surface area contributed by atoms with E-state index in [0.717, 1.165) is 6.42 Å². The molecule has 0 heterocycles. The van der Waals surface area contributed by atoms with E-state index in [9.17, 15) is 0 Å². The van der Waals surface area contributed by atoms with Crippen LogP contribution in [0.25, 0.3) is 0 Å². The van der Waals surface area contributed by atoms with Crippen LogP contribution in [0.15, 0.2) is 24.3 Å². The number of hydrogen-bond donors (Lipinski definition) is 2. The second-order valence-electron chi connectivity index (χ2n) is 6.17. The fraction of sp³-hybridized carbons (Fsp3) is 0.600. The van der Waals surface area contributed by atoms with Crippen molar-refractivity contribution in [2.75, 3.05) is 5.32 Å². The van der Waals surface area contributed by atoms with Crippen molar-refractivity contribution in [2.24, 2.45) is 5.73 Å². The standard InChI is InChI=1S/C15H24N2/c1-15(2,3)11-7-9-12(10-8-11)17-14-6-4-5-13(14)16/h7-10,13-14,17H,4-6,16H2,1-3H3/t13-,14-/m0/s1. The Kier molecular flexibility index (Phi) is 3.43. The van der Waals surface area contributed by atoms with Crippen molar-refractivity contribution in [3.8, 4) is 0 Å². The maximum atomic E-state index is 6.06. The van der Waals surface area contributed by atoms with Gasteiger partial charge in [-0.1, -0.05) is 32.9 Å². The molecule has 0 radical (unpaired) electrons. The quantitative estimate of drug-likeness (QED) is 0.821. The topological polar surface area (TPSA) is 38.0 Å². The molecule has 2 atom stereocenters. The maximum absolute atomic E-state index is 6.06. The van der Waals surface area contributed by atoms with Crippen LogP contribution in [0.5, 0.6) is 0 Å². The highest BCUT2D eigenvalue weighted by molar-refractivity contribution is 5.47. The first-order valence-electron chi connectivity index (χ1n) is 6.59. The first-order chi connectivity index (χ1) is 7.97. The Morgan fingerprint density at radius 2 is 1.76 bits per heavy atom. The van der Waals surface area contributed by atoms with Crippen molar-refractivity contribution in [1.29, 1.82) is 0 Å². The lowest BCUT2D eigenvalue weighted by molar-refractivity contribution is 0.590. The average Bonchev–Trinajstić information content (AvgIpc) is 2.64. The van der Waals surface area contributed by atoms with Gasteiger partial charge < -0.3 is 11.1 Å². The van der Waals surface area contributed by atoms with Crippen LogP contribution in [0.4, 0.5) is 5.69 Å². The van der Waals surface area contributed by atoms with Gasteiger partial charge in [-0.05, 0) is 42.4 Å². The molecule has 0 spiro atoms. The normalized spacial score (nSPS) is 24.9. The van der Waals surface area contributed by atoms with Crippen molar-refractivity contribution in [2.45, 2.75) is 57.5 Å². The molecule has 1 aromatic carbocycles. The summed E-state index contributed by atoms with van der Waals surface area (Å²) in [5, 5.41) is 3.54. The van der Waals surface area contributed by atoms with Gasteiger partial charge in [0.25, 0.3) is 0 Å². The summed E-state index contributed by atoms with van der Waals surface area (Å²) in [7, 11) is 0. The molecule has 0 unspecified atom stereocenters. The first-order valence-corrected chi connectivity index (χ1v) is 6.59. The van der Waals surface area contributed by atoms with Gasteiger partial charge >= 0.3 is 0 Å². The van der Waals surface area contributed by atoms with Crippen molar-refractivity contribution < 1.29 is 0 Å². The Hall–Kier alpha value is -1.02. The Labute approximate surface area is 105 Å². The Morgan fingerprint density at radius 1 is 1.12 bits per heavy atom. The molecule has 2 rings (SSSR count). The summed E-state index contributed by atoms with van der Waals surface area (Å²) in [5.74, 6) is 0. The smallest absolute Gasteiger partial charge is 0.0412 e. The van der Waals surface area contributed by atoms with Crippen molar-refractivity contribution in [1.82, 2.24) is 0 Å². The van der Waals surface area contributed by atoms with E-state index in [4.69, 9.17) is 5.73 Å². The first kappa shape index (κ1) is 12.4. The third-order valence-corrected chi connectivity index (χ3v) is 3.67. The number of hydrogen-bond acceptors (Lipinski definition) is 2. The van der Waals surface area contributed by atoms with Gasteiger partial charge in [0, 0.05) is 17.8 Å². The Morgan fingerprint density at radius 3 is 2.24 bits per heavy atom. The molecule has 94 valence electrons. The predicted octanol–water partition coefficient (Wildman–Crippen LogP) is 3.28. The molecule has 1 aliphatic rings. The number of benzene rings is 1. The van der Waals surface area contributed by atoms with E-state index < -0.39 is 0 Å². The molecule has 1 fully saturated rings. The predicted molar refractivity (Wildman–Crippen MR) is 74.4 cm³/mol. The van der Waals surface area contributed by atoms with Crippen molar-refractivity contribution in [3.63, 3.8) is 0 Å². The summed E-state index contributed by atoms with van der Waals surface area (Å²) >= 11 is 0. The summed E-state index contributed by atoms with van der Waals surface area (Å²) in [5.41, 5.74) is 8.86. The Balaban J connectivity index is 2.03. The molecule has 1 aliphatic carbocycles. The van der Waals surface area contributed by atoms with Crippen molar-refractivity contribution in [3.05, 3.63) is 29.8 Å². The molecule has 2 heteroatoms. The zero-order valence-corrected chi connectivity index (χ0v) is 11.2. The van der Waals surface area contributed by atoms with E-state index in [0.29, 0.717) is 12.1 Å². The van der Waals surface area contributed by atoms with Gasteiger partial charge in [0.05, 0.1) is 0 Å². The third-order valence-electron chi connectivity index (χ3n) is 3.67. The van der Waals surface area contributed by atoms with E-state index in [1.54, 1.807) is 0 Å². The average molecular weight is 232 g/mol. The van der Waals surface area contributed by atoms with E-state index >= 15 is 0 Å². The molecule has 2 nitrogen and oxygen atoms in total. The second-order valence-corrected chi connectivity index (χ2v) is 6.17. The minimum atomic E-state index is 0.224. The molecule has 3 N–H and O–H groups in total. The fourth-order valence-corrected chi connectivity index (χ4v) is 2.45. The van der Waals surface area contributed by atoms with Gasteiger partial charge in [-0.15, -0.1) is 0 Å². The zero-order chi connectivity index (χ0) is 12.5. The fourth-order valence-electron chi connectivity index (χ4n) is 2.45. The summed E-state index contributed by atoms with van der Waals surface area (Å²) in [4.78, 5) is 0. The maximum Gasteiger partial charge on any atom is 0.0412 e. The van der Waals surface area contributed by atoms with Crippen molar-refractivity contribution >= 4 is 5.69 Å². The van der Waals surface area contributed by atoms with E-state index in [-0.39, 0.29) is 5.41 Å². The number of rotatable bonds is 2. The zero-order valence-electron chi connectivity index (χ0n) is 11.2. The van der Waals surface area contributed by atoms with Crippen LogP contribution in [0.2, 0.25) is 0 Å². The molecule has 17 heavy (non-hydrogen) atoms. The van der Waals surface area contributed by atoms with Gasteiger partial charge in [-0.25, -0.2) is 0 Å². The SMILES string of the molecule is CC(C)(C)c1ccc(N[C@H]2CCC[C@@H]2N)cc1. The highest BCUT2D eigenvalue weighted by Crippen LogP contribution is 2.25. The van der Waals surface area contributed by atoms with Gasteiger partial charge in [0.1, 0.15) is 0 Å². The lowest BCUT2D eigenvalue weighted by Gasteiger charge is -2.21. The minimum Gasteiger partial charge on any atom is -0.381 e. The van der Waals surface area contributed by atoms with Gasteiger partial charge in [0.15, 0.2) is 0 Å². The number of anilines is 1. The molecule has 0 amide bonds. The van der Waals surface area contributed by atoms with Gasteiger partial charge in [-0.3, -0.25) is 0 Å². The number of nitrogens with one attached hydrogen (secondary N) is 1. The Bertz CT molecular complexity index is 362. The van der Waals surface area contributed by atoms with Crippen LogP contribution in [-0.4, -0.2) is 12.1 Å². The van der Waals surface area contributed by atoms with Crippen LogP contribution in [-0.2, 0) is 5.41 Å². The molecular formula is C15H24N2. The summed E-state index contributed by atoms with van der Waals surface area (Å²) in [6.45, 7) is 6.72. The lowest BCUT2D eigenvalue weighted by atomic mass is 9.87. The highest BCUT2D eigenvalue weighted by atomic mass is 15.0. The summed E-state index contributed by atoms with van der Waals surface area (Å²) in [6.07, 6.45) is 3.60. The van der Waals surface area contributed by atoms with E-state index in [1.165, 1.54) is 24.1 Å². The van der Waals surface area contributed by atoms with Crippen LogP contribution in [0.3, 0.4) is 0 Å². The van der Waals surface area contributed by atoms with Gasteiger partial charge in [-0.2, -0.15) is 0 Å². The molecule has 0 saturated heterocycles. The van der Waals surface area contributed by atoms with E-state index in [2.05, 4.69) is 50.4 Å². The monoisotopic (exact) mass is 232 g/mol.